The van der Waals surface area contributed by atoms with Gasteiger partial charge in [-0.15, -0.1) is 0 Å². The summed E-state index contributed by atoms with van der Waals surface area (Å²) in [7, 11) is 0. The van der Waals surface area contributed by atoms with Gasteiger partial charge in [-0.05, 0) is 12.1 Å². The van der Waals surface area contributed by atoms with Crippen molar-refractivity contribution in [3.63, 3.8) is 0 Å². The number of phenols is 1. The lowest BCUT2D eigenvalue weighted by Gasteiger charge is -2.02. The summed E-state index contributed by atoms with van der Waals surface area (Å²) in [5.41, 5.74) is 6.87. The Hall–Kier alpha value is -2.62. The average Bonchev–Trinajstić information content (AvgIpc) is 2.21. The molecular formula is C9H8FN5O. The van der Waals surface area contributed by atoms with Gasteiger partial charge in [0.2, 0.25) is 5.71 Å². The van der Waals surface area contributed by atoms with Crippen molar-refractivity contribution in [3.05, 3.63) is 24.0 Å². The molecule has 0 fully saturated rings. The highest BCUT2D eigenvalue weighted by molar-refractivity contribution is 6.45. The Balaban J connectivity index is 2.90. The summed E-state index contributed by atoms with van der Waals surface area (Å²) in [5, 5.41) is 27.8. The van der Waals surface area contributed by atoms with Gasteiger partial charge in [-0.25, -0.2) is 4.39 Å². The van der Waals surface area contributed by atoms with Crippen LogP contribution >= 0.6 is 0 Å². The largest absolute Gasteiger partial charge is 0.508 e. The molecule has 5 N–H and O–H groups in total. The number of benzene rings is 1. The third-order valence-corrected chi connectivity index (χ3v) is 1.60. The molecule has 16 heavy (non-hydrogen) atoms. The molecule has 0 aliphatic rings. The number of halogens is 1. The topological polar surface area (TPSA) is 118 Å². The molecule has 0 aliphatic carbocycles. The summed E-state index contributed by atoms with van der Waals surface area (Å²) >= 11 is 0. The van der Waals surface area contributed by atoms with Gasteiger partial charge in [0.05, 0.1) is 5.69 Å². The van der Waals surface area contributed by atoms with Gasteiger partial charge in [-0.3, -0.25) is 10.8 Å². The molecule has 0 heterocycles. The first-order valence-electron chi connectivity index (χ1n) is 4.11. The van der Waals surface area contributed by atoms with Crippen molar-refractivity contribution in [2.45, 2.75) is 0 Å². The van der Waals surface area contributed by atoms with Crippen molar-refractivity contribution in [1.82, 2.24) is 0 Å². The molecule has 1 rings (SSSR count). The minimum absolute atomic E-state index is 0.0354. The van der Waals surface area contributed by atoms with Crippen LogP contribution in [-0.2, 0) is 0 Å². The van der Waals surface area contributed by atoms with Crippen LogP contribution in [-0.4, -0.2) is 16.7 Å². The van der Waals surface area contributed by atoms with Crippen LogP contribution in [0.5, 0.6) is 5.75 Å². The number of hydrogen-bond acceptors (Lipinski definition) is 5. The summed E-state index contributed by atoms with van der Waals surface area (Å²) in [6.45, 7) is 0. The maximum Gasteiger partial charge on any atom is 0.201 e. The zero-order valence-corrected chi connectivity index (χ0v) is 8.03. The number of aromatic hydroxyl groups is 1. The summed E-state index contributed by atoms with van der Waals surface area (Å²) in [6, 6.07) is 4.95. The Morgan fingerprint density at radius 3 is 2.81 bits per heavy atom. The monoisotopic (exact) mass is 221 g/mol. The number of hydrazone groups is 1. The van der Waals surface area contributed by atoms with Gasteiger partial charge >= 0.3 is 0 Å². The van der Waals surface area contributed by atoms with Gasteiger partial charge in [0.25, 0.3) is 0 Å². The second-order valence-corrected chi connectivity index (χ2v) is 2.76. The van der Waals surface area contributed by atoms with Crippen molar-refractivity contribution in [2.75, 3.05) is 5.43 Å². The van der Waals surface area contributed by atoms with Gasteiger partial charge in [-0.2, -0.15) is 10.4 Å². The predicted octanol–water partition coefficient (Wildman–Crippen LogP) is 0.759. The molecule has 1 aromatic carbocycles. The standard InChI is InChI=1S/C9H8FN5O/c10-6-3-5(16)1-2-7(6)14-15-8(4-11)9(12)13/h1-3,14,16H,(H3,12,13)/b15-8+. The molecule has 6 nitrogen and oxygen atoms in total. The van der Waals surface area contributed by atoms with Gasteiger partial charge in [0, 0.05) is 6.07 Å². The minimum Gasteiger partial charge on any atom is -0.508 e. The lowest BCUT2D eigenvalue weighted by atomic mass is 10.3. The molecule has 7 heteroatoms. The van der Waals surface area contributed by atoms with Gasteiger partial charge < -0.3 is 10.8 Å². The third-order valence-electron chi connectivity index (χ3n) is 1.60. The van der Waals surface area contributed by atoms with Crippen LogP contribution in [0.15, 0.2) is 23.3 Å². The Morgan fingerprint density at radius 1 is 1.62 bits per heavy atom. The number of rotatable bonds is 3. The molecule has 0 bridgehead atoms. The second-order valence-electron chi connectivity index (χ2n) is 2.76. The molecular weight excluding hydrogens is 213 g/mol. The van der Waals surface area contributed by atoms with E-state index in [1.165, 1.54) is 12.1 Å². The van der Waals surface area contributed by atoms with E-state index in [-0.39, 0.29) is 17.1 Å². The van der Waals surface area contributed by atoms with Gasteiger partial charge in [0.1, 0.15) is 11.8 Å². The smallest absolute Gasteiger partial charge is 0.201 e. The van der Waals surface area contributed by atoms with E-state index in [2.05, 4.69) is 10.5 Å². The minimum atomic E-state index is -0.732. The van der Waals surface area contributed by atoms with Crippen LogP contribution in [0.1, 0.15) is 0 Å². The zero-order chi connectivity index (χ0) is 12.1. The van der Waals surface area contributed by atoms with E-state index in [1.54, 1.807) is 6.07 Å². The van der Waals surface area contributed by atoms with Crippen molar-refractivity contribution >= 4 is 17.2 Å². The van der Waals surface area contributed by atoms with Crippen molar-refractivity contribution in [3.8, 4) is 11.8 Å². The Bertz CT molecular complexity index is 491. The molecule has 0 aliphatic heterocycles. The Kier molecular flexibility index (Phi) is 3.40. The highest BCUT2D eigenvalue weighted by Crippen LogP contribution is 2.19. The van der Waals surface area contributed by atoms with Gasteiger partial charge in [0.15, 0.2) is 11.7 Å². The number of amidine groups is 1. The molecule has 82 valence electrons. The first-order chi connectivity index (χ1) is 7.54. The predicted molar refractivity (Wildman–Crippen MR) is 56.6 cm³/mol. The van der Waals surface area contributed by atoms with Crippen molar-refractivity contribution < 1.29 is 9.50 Å². The van der Waals surface area contributed by atoms with E-state index >= 15 is 0 Å². The molecule has 0 atom stereocenters. The number of nitrogens with one attached hydrogen (secondary N) is 2. The molecule has 0 saturated heterocycles. The first kappa shape index (κ1) is 11.5. The van der Waals surface area contributed by atoms with E-state index in [1.807, 2.05) is 0 Å². The van der Waals surface area contributed by atoms with Crippen LogP contribution in [0.25, 0.3) is 0 Å². The van der Waals surface area contributed by atoms with Crippen LogP contribution in [0, 0.1) is 22.6 Å². The molecule has 0 amide bonds. The molecule has 0 spiro atoms. The molecule has 0 radical (unpaired) electrons. The average molecular weight is 221 g/mol. The maximum absolute atomic E-state index is 13.1. The van der Waals surface area contributed by atoms with Crippen LogP contribution in [0.2, 0.25) is 0 Å². The van der Waals surface area contributed by atoms with E-state index in [9.17, 15) is 4.39 Å². The molecule has 0 unspecified atom stereocenters. The van der Waals surface area contributed by atoms with E-state index in [0.717, 1.165) is 6.07 Å². The number of phenolic OH excluding ortho intramolecular Hbond substituents is 1. The number of hydrogen-bond donors (Lipinski definition) is 4. The normalized spacial score (nSPS) is 10.6. The Morgan fingerprint density at radius 2 is 2.31 bits per heavy atom. The quantitative estimate of drug-likeness (QED) is 0.261. The number of nitriles is 1. The van der Waals surface area contributed by atoms with Crippen molar-refractivity contribution in [1.29, 1.82) is 10.7 Å². The van der Waals surface area contributed by atoms with Crippen LogP contribution in [0.4, 0.5) is 10.1 Å². The summed E-state index contributed by atoms with van der Waals surface area (Å²) < 4.78 is 13.1. The molecule has 0 aromatic heterocycles. The van der Waals surface area contributed by atoms with Gasteiger partial charge in [-0.1, -0.05) is 0 Å². The van der Waals surface area contributed by atoms with E-state index in [0.29, 0.717) is 0 Å². The number of nitrogens with zero attached hydrogens (tertiary/aromatic N) is 2. The third kappa shape index (κ3) is 2.68. The number of nitrogens with two attached hydrogens (primary N) is 1. The molecule has 0 saturated carbocycles. The lowest BCUT2D eigenvalue weighted by molar-refractivity contribution is 0.469. The van der Waals surface area contributed by atoms with Crippen LogP contribution < -0.4 is 11.2 Å². The molecule has 1 aromatic rings. The Labute approximate surface area is 90.3 Å². The zero-order valence-electron chi connectivity index (χ0n) is 8.03. The lowest BCUT2D eigenvalue weighted by Crippen LogP contribution is -2.21. The summed E-state index contributed by atoms with van der Waals surface area (Å²) in [6.07, 6.45) is 0. The number of anilines is 1. The highest BCUT2D eigenvalue weighted by Gasteiger charge is 2.04. The fraction of sp³-hybridized carbons (Fsp3) is 0. The second kappa shape index (κ2) is 4.75. The maximum atomic E-state index is 13.1. The highest BCUT2D eigenvalue weighted by atomic mass is 19.1. The first-order valence-corrected chi connectivity index (χ1v) is 4.11. The van der Waals surface area contributed by atoms with E-state index in [4.69, 9.17) is 21.5 Å². The fourth-order valence-corrected chi connectivity index (χ4v) is 0.856. The van der Waals surface area contributed by atoms with Crippen LogP contribution in [0.3, 0.4) is 0 Å². The summed E-state index contributed by atoms with van der Waals surface area (Å²) in [4.78, 5) is 0. The summed E-state index contributed by atoms with van der Waals surface area (Å²) in [5.74, 6) is -1.47. The SMILES string of the molecule is N#C/C(=N\Nc1ccc(O)cc1F)C(=N)N. The van der Waals surface area contributed by atoms with Crippen molar-refractivity contribution in [2.24, 2.45) is 10.8 Å². The van der Waals surface area contributed by atoms with E-state index < -0.39 is 11.7 Å². The fourth-order valence-electron chi connectivity index (χ4n) is 0.856.